The molecule has 0 aromatic heterocycles. The van der Waals surface area contributed by atoms with Crippen LogP contribution in [-0.4, -0.2) is 25.6 Å². The Balaban J connectivity index is 1.93. The molecule has 0 aliphatic heterocycles. The first-order valence-corrected chi connectivity index (χ1v) is 7.48. The van der Waals surface area contributed by atoms with E-state index < -0.39 is 0 Å². The number of ether oxygens (including phenoxy) is 1. The Hall–Kier alpha value is -1.53. The fourth-order valence-electron chi connectivity index (χ4n) is 3.13. The van der Waals surface area contributed by atoms with E-state index in [9.17, 15) is 0 Å². The quantitative estimate of drug-likeness (QED) is 0.822. The lowest BCUT2D eigenvalue weighted by Crippen LogP contribution is -2.26. The van der Waals surface area contributed by atoms with Crippen molar-refractivity contribution in [3.63, 3.8) is 0 Å². The van der Waals surface area contributed by atoms with E-state index in [0.29, 0.717) is 11.3 Å². The van der Waals surface area contributed by atoms with Gasteiger partial charge in [-0.05, 0) is 43.5 Å². The smallest absolute Gasteiger partial charge is 0.136 e. The van der Waals surface area contributed by atoms with Crippen molar-refractivity contribution in [1.29, 1.82) is 5.26 Å². The van der Waals surface area contributed by atoms with Gasteiger partial charge in [-0.25, -0.2) is 0 Å². The molecule has 0 unspecified atom stereocenters. The van der Waals surface area contributed by atoms with Gasteiger partial charge in [0, 0.05) is 13.1 Å². The van der Waals surface area contributed by atoms with Gasteiger partial charge in [0.05, 0.1) is 12.7 Å². The van der Waals surface area contributed by atoms with Gasteiger partial charge < -0.3 is 9.64 Å². The average Bonchev–Trinajstić information content (AvgIpc) is 2.48. The lowest BCUT2D eigenvalue weighted by molar-refractivity contribution is 0.228. The van der Waals surface area contributed by atoms with Crippen molar-refractivity contribution in [3.8, 4) is 11.8 Å². The summed E-state index contributed by atoms with van der Waals surface area (Å²) in [6.45, 7) is 2.06. The number of rotatable bonds is 5. The molecule has 1 aliphatic rings. The standard InChI is InChI=1S/C17H24N2O/c1-19(12-14-6-4-3-5-7-14)13-15-8-9-17(20-2)16(10-15)11-18/h8-10,14H,3-7,12-13H2,1-2H3. The highest BCUT2D eigenvalue weighted by molar-refractivity contribution is 5.45. The molecule has 0 saturated heterocycles. The van der Waals surface area contributed by atoms with Crippen molar-refractivity contribution < 1.29 is 4.74 Å². The van der Waals surface area contributed by atoms with Gasteiger partial charge in [-0.3, -0.25) is 0 Å². The lowest BCUT2D eigenvalue weighted by atomic mass is 9.89. The average molecular weight is 272 g/mol. The van der Waals surface area contributed by atoms with Gasteiger partial charge in [0.2, 0.25) is 0 Å². The van der Waals surface area contributed by atoms with E-state index in [1.54, 1.807) is 7.11 Å². The zero-order chi connectivity index (χ0) is 14.4. The van der Waals surface area contributed by atoms with Gasteiger partial charge in [-0.2, -0.15) is 5.26 Å². The first-order valence-electron chi connectivity index (χ1n) is 7.48. The summed E-state index contributed by atoms with van der Waals surface area (Å²) in [7, 11) is 3.77. The summed E-state index contributed by atoms with van der Waals surface area (Å²) in [5, 5.41) is 9.13. The minimum atomic E-state index is 0.621. The predicted octanol–water partition coefficient (Wildman–Crippen LogP) is 3.58. The van der Waals surface area contributed by atoms with E-state index in [-0.39, 0.29) is 0 Å². The zero-order valence-corrected chi connectivity index (χ0v) is 12.6. The summed E-state index contributed by atoms with van der Waals surface area (Å²) >= 11 is 0. The minimum absolute atomic E-state index is 0.621. The van der Waals surface area contributed by atoms with E-state index in [1.807, 2.05) is 12.1 Å². The Morgan fingerprint density at radius 3 is 2.70 bits per heavy atom. The highest BCUT2D eigenvalue weighted by atomic mass is 16.5. The molecule has 108 valence electrons. The van der Waals surface area contributed by atoms with Crippen LogP contribution in [0, 0.1) is 17.2 Å². The first kappa shape index (κ1) is 14.9. The van der Waals surface area contributed by atoms with E-state index in [2.05, 4.69) is 24.1 Å². The fourth-order valence-corrected chi connectivity index (χ4v) is 3.13. The van der Waals surface area contributed by atoms with Crippen molar-refractivity contribution >= 4 is 0 Å². The third kappa shape index (κ3) is 3.98. The van der Waals surface area contributed by atoms with Gasteiger partial charge in [0.25, 0.3) is 0 Å². The molecule has 0 amide bonds. The molecule has 1 aromatic rings. The van der Waals surface area contributed by atoms with Crippen molar-refractivity contribution in [2.24, 2.45) is 5.92 Å². The second-order valence-electron chi connectivity index (χ2n) is 5.85. The van der Waals surface area contributed by atoms with Crippen LogP contribution in [-0.2, 0) is 6.54 Å². The molecule has 20 heavy (non-hydrogen) atoms. The molecule has 0 heterocycles. The van der Waals surface area contributed by atoms with Crippen LogP contribution in [0.4, 0.5) is 0 Å². The van der Waals surface area contributed by atoms with Crippen LogP contribution in [0.2, 0.25) is 0 Å². The summed E-state index contributed by atoms with van der Waals surface area (Å²) in [6.07, 6.45) is 6.93. The molecule has 1 saturated carbocycles. The molecule has 1 fully saturated rings. The van der Waals surface area contributed by atoms with Crippen molar-refractivity contribution in [1.82, 2.24) is 4.90 Å². The fraction of sp³-hybridized carbons (Fsp3) is 0.588. The highest BCUT2D eigenvalue weighted by Crippen LogP contribution is 2.25. The summed E-state index contributed by atoms with van der Waals surface area (Å²) in [5.41, 5.74) is 1.80. The molecule has 0 bridgehead atoms. The molecule has 0 radical (unpaired) electrons. The Kier molecular flexibility index (Phi) is 5.43. The van der Waals surface area contributed by atoms with Crippen molar-refractivity contribution in [2.45, 2.75) is 38.6 Å². The predicted molar refractivity (Wildman–Crippen MR) is 80.6 cm³/mol. The zero-order valence-electron chi connectivity index (χ0n) is 12.6. The molecule has 1 aliphatic carbocycles. The first-order chi connectivity index (χ1) is 9.72. The second kappa shape index (κ2) is 7.31. The number of nitrogens with zero attached hydrogens (tertiary/aromatic N) is 2. The molecule has 0 spiro atoms. The number of nitriles is 1. The molecule has 3 heteroatoms. The van der Waals surface area contributed by atoms with Crippen LogP contribution in [0.1, 0.15) is 43.2 Å². The normalized spacial score (nSPS) is 16.1. The maximum absolute atomic E-state index is 9.13. The second-order valence-corrected chi connectivity index (χ2v) is 5.85. The van der Waals surface area contributed by atoms with Crippen LogP contribution < -0.4 is 4.74 Å². The van der Waals surface area contributed by atoms with Gasteiger partial charge >= 0.3 is 0 Å². The number of methoxy groups -OCH3 is 1. The third-order valence-corrected chi connectivity index (χ3v) is 4.13. The van der Waals surface area contributed by atoms with E-state index in [1.165, 1.54) is 37.7 Å². The Morgan fingerprint density at radius 2 is 2.05 bits per heavy atom. The maximum atomic E-state index is 9.13. The SMILES string of the molecule is COc1ccc(CN(C)CC2CCCCC2)cc1C#N. The topological polar surface area (TPSA) is 36.3 Å². The Morgan fingerprint density at radius 1 is 1.30 bits per heavy atom. The van der Waals surface area contributed by atoms with Gasteiger partial charge in [-0.1, -0.05) is 25.3 Å². The van der Waals surface area contributed by atoms with Crippen LogP contribution >= 0.6 is 0 Å². The number of benzene rings is 1. The summed E-state index contributed by atoms with van der Waals surface area (Å²) in [6, 6.07) is 8.08. The highest BCUT2D eigenvalue weighted by Gasteiger charge is 2.15. The van der Waals surface area contributed by atoms with Gasteiger partial charge in [-0.15, -0.1) is 0 Å². The molecule has 0 N–H and O–H groups in total. The van der Waals surface area contributed by atoms with Gasteiger partial charge in [0.1, 0.15) is 11.8 Å². The monoisotopic (exact) mass is 272 g/mol. The van der Waals surface area contributed by atoms with Crippen LogP contribution in [0.3, 0.4) is 0 Å². The minimum Gasteiger partial charge on any atom is -0.495 e. The molecule has 3 nitrogen and oxygen atoms in total. The van der Waals surface area contributed by atoms with Crippen LogP contribution in [0.5, 0.6) is 5.75 Å². The Labute approximate surface area is 122 Å². The Bertz CT molecular complexity index is 472. The summed E-state index contributed by atoms with van der Waals surface area (Å²) < 4.78 is 5.18. The largest absolute Gasteiger partial charge is 0.495 e. The van der Waals surface area contributed by atoms with Crippen molar-refractivity contribution in [2.75, 3.05) is 20.7 Å². The number of hydrogen-bond donors (Lipinski definition) is 0. The van der Waals surface area contributed by atoms with Crippen LogP contribution in [0.15, 0.2) is 18.2 Å². The number of hydrogen-bond acceptors (Lipinski definition) is 3. The molecule has 0 atom stereocenters. The molecular weight excluding hydrogens is 248 g/mol. The summed E-state index contributed by atoms with van der Waals surface area (Å²) in [4.78, 5) is 2.37. The lowest BCUT2D eigenvalue weighted by Gasteiger charge is -2.27. The van der Waals surface area contributed by atoms with Crippen molar-refractivity contribution in [3.05, 3.63) is 29.3 Å². The van der Waals surface area contributed by atoms with E-state index in [0.717, 1.165) is 19.0 Å². The molecule has 1 aromatic carbocycles. The van der Waals surface area contributed by atoms with E-state index in [4.69, 9.17) is 10.00 Å². The third-order valence-electron chi connectivity index (χ3n) is 4.13. The molecule has 2 rings (SSSR count). The van der Waals surface area contributed by atoms with Gasteiger partial charge in [0.15, 0.2) is 0 Å². The molecular formula is C17H24N2O. The summed E-state index contributed by atoms with van der Waals surface area (Å²) in [5.74, 6) is 1.51. The van der Waals surface area contributed by atoms with Crippen LogP contribution in [0.25, 0.3) is 0 Å². The van der Waals surface area contributed by atoms with E-state index >= 15 is 0 Å². The maximum Gasteiger partial charge on any atom is 0.136 e.